The fraction of sp³-hybridized carbons (Fsp3) is 0.229. The third-order valence-electron chi connectivity index (χ3n) is 7.45. The Morgan fingerprint density at radius 1 is 0.897 bits per heavy atom. The van der Waals surface area contributed by atoms with Crippen LogP contribution in [-0.4, -0.2) is 9.52 Å². The van der Waals surface area contributed by atoms with Gasteiger partial charge in [-0.1, -0.05) is 104 Å². The second-order valence-corrected chi connectivity index (χ2v) is 15.0. The van der Waals surface area contributed by atoms with Crippen molar-refractivity contribution >= 4 is 47.7 Å². The monoisotopic (exact) mass is 642 g/mol. The zero-order chi connectivity index (χ0) is 27.8. The van der Waals surface area contributed by atoms with Crippen molar-refractivity contribution in [3.63, 3.8) is 0 Å². The zero-order valence-corrected chi connectivity index (χ0v) is 28.1. The third-order valence-corrected chi connectivity index (χ3v) is 8.82. The van der Waals surface area contributed by atoms with Gasteiger partial charge in [-0.3, -0.25) is 0 Å². The average Bonchev–Trinajstić information content (AvgIpc) is 3.56. The number of hydrogen-bond acceptors (Lipinski definition) is 0. The Labute approximate surface area is 255 Å². The molecule has 1 heterocycles. The first-order valence-electron chi connectivity index (χ1n) is 13.6. The van der Waals surface area contributed by atoms with Gasteiger partial charge in [0.15, 0.2) is 0 Å². The predicted octanol–water partition coefficient (Wildman–Crippen LogP) is 9.50. The fourth-order valence-electron chi connectivity index (χ4n) is 5.25. The summed E-state index contributed by atoms with van der Waals surface area (Å²) in [4.78, 5) is 0. The molecule has 1 aliphatic rings. The molecule has 0 aliphatic carbocycles. The molecule has 4 heteroatoms. The molecule has 39 heavy (non-hydrogen) atoms. The SMILES string of the molecule is CCCc1ccc2[cH-]c(C(C)CC)cc2c1-c1ccccc1C.[Cl][Zr+2][Cl].[c-]1cccc2c1[Si]c1ccccc1-2. The summed E-state index contributed by atoms with van der Waals surface area (Å²) in [6.07, 6.45) is 3.52. The molecule has 0 saturated heterocycles. The van der Waals surface area contributed by atoms with Crippen LogP contribution < -0.4 is 10.4 Å². The molecule has 1 atom stereocenters. The van der Waals surface area contributed by atoms with E-state index in [1.807, 2.05) is 6.07 Å². The first-order valence-corrected chi connectivity index (χ1v) is 21.0. The normalized spacial score (nSPS) is 11.8. The predicted molar refractivity (Wildman–Crippen MR) is 170 cm³/mol. The van der Waals surface area contributed by atoms with E-state index in [-0.39, 0.29) is 0 Å². The van der Waals surface area contributed by atoms with Crippen LogP contribution in [0.1, 0.15) is 56.2 Å². The van der Waals surface area contributed by atoms with Crippen molar-refractivity contribution in [2.45, 2.75) is 52.9 Å². The van der Waals surface area contributed by atoms with Crippen LogP contribution in [0.15, 0.2) is 91.0 Å². The maximum Gasteiger partial charge on any atom is 0.0920 e. The quantitative estimate of drug-likeness (QED) is 0.130. The van der Waals surface area contributed by atoms with Crippen LogP contribution in [0.25, 0.3) is 33.0 Å². The minimum atomic E-state index is -0.826. The Morgan fingerprint density at radius 3 is 2.31 bits per heavy atom. The Bertz CT molecular complexity index is 1480. The van der Waals surface area contributed by atoms with Crippen molar-refractivity contribution in [1.29, 1.82) is 0 Å². The molecule has 0 saturated carbocycles. The maximum atomic E-state index is 4.93. The molecule has 196 valence electrons. The number of rotatable bonds is 5. The molecule has 1 unspecified atom stereocenters. The van der Waals surface area contributed by atoms with Crippen molar-refractivity contribution in [2.24, 2.45) is 0 Å². The van der Waals surface area contributed by atoms with E-state index in [1.165, 1.54) is 72.9 Å². The molecule has 0 amide bonds. The Morgan fingerprint density at radius 2 is 1.59 bits per heavy atom. The minimum Gasteiger partial charge on any atom is -0.184 e. The van der Waals surface area contributed by atoms with Crippen molar-refractivity contribution in [1.82, 2.24) is 0 Å². The summed E-state index contributed by atoms with van der Waals surface area (Å²) in [5, 5.41) is 5.64. The van der Waals surface area contributed by atoms with Gasteiger partial charge in [0.05, 0.1) is 9.52 Å². The number of halogens is 2. The molecule has 0 fully saturated rings. The number of hydrogen-bond donors (Lipinski definition) is 0. The van der Waals surface area contributed by atoms with Crippen LogP contribution in [0.4, 0.5) is 0 Å². The molecule has 0 spiro atoms. The standard InChI is InChI=1S/C23H27.C12H7Si.2ClH.Zr/c1-5-9-18-12-13-19-14-20(16(3)6-2)15-22(19)23(18)21-11-8-7-10-17(21)4;1-3-7-11-9(5-1)10-6-2-4-8-12(10)13-11;;;/h7-8,10-16H,5-6,9H2,1-4H3;1-7H;2*1H;/q2*-1;;;+4/p-2. The third kappa shape index (κ3) is 7.09. The zero-order valence-electron chi connectivity index (χ0n) is 23.1. The van der Waals surface area contributed by atoms with Crippen LogP contribution in [0, 0.1) is 13.0 Å². The summed E-state index contributed by atoms with van der Waals surface area (Å²) in [7, 11) is 10.7. The van der Waals surface area contributed by atoms with Crippen molar-refractivity contribution in [3.05, 3.63) is 114 Å². The van der Waals surface area contributed by atoms with Gasteiger partial charge in [-0.25, -0.2) is 0 Å². The topological polar surface area (TPSA) is 0 Å². The minimum absolute atomic E-state index is 0.627. The second-order valence-electron chi connectivity index (χ2n) is 9.97. The molecular formula is C35H34Cl2SiZr. The van der Waals surface area contributed by atoms with Gasteiger partial charge in [0, 0.05) is 0 Å². The maximum absolute atomic E-state index is 4.93. The van der Waals surface area contributed by atoms with Crippen LogP contribution in [0.5, 0.6) is 0 Å². The van der Waals surface area contributed by atoms with Crippen LogP contribution in [-0.2, 0) is 27.3 Å². The van der Waals surface area contributed by atoms with Gasteiger partial charge < -0.3 is 0 Å². The van der Waals surface area contributed by atoms with Crippen molar-refractivity contribution in [2.75, 3.05) is 0 Å². The van der Waals surface area contributed by atoms with E-state index >= 15 is 0 Å². The number of fused-ring (bicyclic) bond motifs is 4. The van der Waals surface area contributed by atoms with Gasteiger partial charge in [0.2, 0.25) is 0 Å². The first kappa shape index (κ1) is 30.1. The van der Waals surface area contributed by atoms with E-state index < -0.39 is 20.8 Å². The van der Waals surface area contributed by atoms with Crippen LogP contribution in [0.3, 0.4) is 0 Å². The smallest absolute Gasteiger partial charge is 0.0920 e. The average molecular weight is 645 g/mol. The molecule has 5 aromatic rings. The number of aryl methyl sites for hydroxylation is 2. The largest absolute Gasteiger partial charge is 0.184 e. The molecule has 2 radical (unpaired) electrons. The van der Waals surface area contributed by atoms with Gasteiger partial charge in [0.25, 0.3) is 0 Å². The Balaban J connectivity index is 0.000000184. The van der Waals surface area contributed by atoms with Gasteiger partial charge in [0.1, 0.15) is 0 Å². The summed E-state index contributed by atoms with van der Waals surface area (Å²) in [5.41, 5.74) is 9.94. The first-order chi connectivity index (χ1) is 19.0. The second kappa shape index (κ2) is 14.7. The van der Waals surface area contributed by atoms with Gasteiger partial charge >= 0.3 is 37.9 Å². The van der Waals surface area contributed by atoms with E-state index in [0.29, 0.717) is 5.92 Å². The summed E-state index contributed by atoms with van der Waals surface area (Å²) in [6.45, 7) is 9.09. The molecule has 0 N–H and O–H groups in total. The number of benzene rings is 4. The molecule has 6 rings (SSSR count). The summed E-state index contributed by atoms with van der Waals surface area (Å²) < 4.78 is 0. The Hall–Kier alpha value is -1.83. The molecule has 1 aliphatic heterocycles. The van der Waals surface area contributed by atoms with E-state index in [0.717, 1.165) is 15.9 Å². The molecule has 0 aromatic heterocycles. The van der Waals surface area contributed by atoms with Gasteiger partial charge in [-0.2, -0.15) is 35.5 Å². The summed E-state index contributed by atoms with van der Waals surface area (Å²) >= 11 is -0.826. The summed E-state index contributed by atoms with van der Waals surface area (Å²) in [6, 6.07) is 36.4. The molecular weight excluding hydrogens is 611 g/mol. The van der Waals surface area contributed by atoms with Crippen LogP contribution >= 0.6 is 17.0 Å². The fourth-order valence-corrected chi connectivity index (χ4v) is 6.56. The van der Waals surface area contributed by atoms with E-state index in [2.05, 4.69) is 119 Å². The van der Waals surface area contributed by atoms with Gasteiger partial charge in [-0.15, -0.1) is 40.1 Å². The van der Waals surface area contributed by atoms with Crippen LogP contribution in [0.2, 0.25) is 0 Å². The van der Waals surface area contributed by atoms with E-state index in [9.17, 15) is 0 Å². The molecule has 0 nitrogen and oxygen atoms in total. The van der Waals surface area contributed by atoms with Crippen molar-refractivity contribution < 1.29 is 20.8 Å². The molecule has 5 aromatic carbocycles. The molecule has 0 bridgehead atoms. The van der Waals surface area contributed by atoms with E-state index in [1.54, 1.807) is 0 Å². The van der Waals surface area contributed by atoms with E-state index in [4.69, 9.17) is 17.0 Å². The van der Waals surface area contributed by atoms with Crippen molar-refractivity contribution in [3.8, 4) is 22.3 Å². The summed E-state index contributed by atoms with van der Waals surface area (Å²) in [5.74, 6) is 0.627. The van der Waals surface area contributed by atoms with Gasteiger partial charge in [-0.05, 0) is 30.4 Å². The Kier molecular flexibility index (Phi) is 11.4.